The summed E-state index contributed by atoms with van der Waals surface area (Å²) in [5.41, 5.74) is -1.05. The summed E-state index contributed by atoms with van der Waals surface area (Å²) < 4.78 is 5.25. The molecular formula is C16H28N6O3. The van der Waals surface area contributed by atoms with E-state index >= 15 is 0 Å². The Hall–Kier alpha value is -2.32. The molecular weight excluding hydrogens is 324 g/mol. The maximum atomic E-state index is 12.1. The van der Waals surface area contributed by atoms with Gasteiger partial charge in [-0.15, -0.1) is 20.4 Å². The van der Waals surface area contributed by atoms with Gasteiger partial charge in [-0.05, 0) is 20.8 Å². The van der Waals surface area contributed by atoms with Crippen molar-refractivity contribution in [1.29, 1.82) is 0 Å². The van der Waals surface area contributed by atoms with Crippen LogP contribution in [-0.4, -0.2) is 61.9 Å². The van der Waals surface area contributed by atoms with Crippen molar-refractivity contribution in [3.05, 3.63) is 11.6 Å². The van der Waals surface area contributed by atoms with Crippen molar-refractivity contribution in [1.82, 2.24) is 30.2 Å². The molecule has 0 saturated carbocycles. The van der Waals surface area contributed by atoms with Gasteiger partial charge in [0.2, 0.25) is 5.91 Å². The second-order valence-electron chi connectivity index (χ2n) is 7.98. The largest absolute Gasteiger partial charge is 0.444 e. The third-order valence-electron chi connectivity index (χ3n) is 3.01. The Balaban J connectivity index is 2.65. The SMILES string of the molecule is CN(Cc1nnc(CN(C)C(=O)C(C)(C)C)nn1)C(=O)OC(C)(C)C. The highest BCUT2D eigenvalue weighted by atomic mass is 16.6. The molecule has 0 unspecified atom stereocenters. The van der Waals surface area contributed by atoms with Crippen LogP contribution >= 0.6 is 0 Å². The van der Waals surface area contributed by atoms with Crippen LogP contribution in [0.2, 0.25) is 0 Å². The minimum Gasteiger partial charge on any atom is -0.444 e. The van der Waals surface area contributed by atoms with E-state index in [9.17, 15) is 9.59 Å². The highest BCUT2D eigenvalue weighted by Crippen LogP contribution is 2.17. The fourth-order valence-electron chi connectivity index (χ4n) is 1.87. The minimum absolute atomic E-state index is 0.0233. The van der Waals surface area contributed by atoms with Crippen LogP contribution in [0.15, 0.2) is 0 Å². The predicted molar refractivity (Wildman–Crippen MR) is 91.3 cm³/mol. The molecule has 9 heteroatoms. The molecule has 9 nitrogen and oxygen atoms in total. The van der Waals surface area contributed by atoms with Crippen molar-refractivity contribution in [2.75, 3.05) is 14.1 Å². The quantitative estimate of drug-likeness (QED) is 0.811. The molecule has 140 valence electrons. The smallest absolute Gasteiger partial charge is 0.410 e. The van der Waals surface area contributed by atoms with Gasteiger partial charge in [0.1, 0.15) is 5.60 Å². The van der Waals surface area contributed by atoms with Crippen LogP contribution in [0, 0.1) is 5.41 Å². The number of hydrogen-bond acceptors (Lipinski definition) is 7. The van der Waals surface area contributed by atoms with Gasteiger partial charge in [0.05, 0.1) is 13.1 Å². The van der Waals surface area contributed by atoms with Crippen LogP contribution in [0.25, 0.3) is 0 Å². The molecule has 1 rings (SSSR count). The van der Waals surface area contributed by atoms with Crippen LogP contribution in [0.5, 0.6) is 0 Å². The molecule has 0 N–H and O–H groups in total. The molecule has 0 radical (unpaired) electrons. The summed E-state index contributed by atoms with van der Waals surface area (Å²) in [4.78, 5) is 26.9. The first-order valence-corrected chi connectivity index (χ1v) is 8.04. The van der Waals surface area contributed by atoms with E-state index in [0.29, 0.717) is 11.6 Å². The van der Waals surface area contributed by atoms with E-state index < -0.39 is 17.1 Å². The van der Waals surface area contributed by atoms with Crippen molar-refractivity contribution in [2.45, 2.75) is 60.2 Å². The molecule has 0 aromatic carbocycles. The van der Waals surface area contributed by atoms with Crippen molar-refractivity contribution < 1.29 is 14.3 Å². The number of aromatic nitrogens is 4. The number of carbonyl (C=O) groups is 2. The first-order chi connectivity index (χ1) is 11.3. The number of ether oxygens (including phenoxy) is 1. The van der Waals surface area contributed by atoms with Crippen LogP contribution < -0.4 is 0 Å². The molecule has 1 aromatic rings. The monoisotopic (exact) mass is 352 g/mol. The van der Waals surface area contributed by atoms with Gasteiger partial charge in [0.15, 0.2) is 11.6 Å². The van der Waals surface area contributed by atoms with Crippen molar-refractivity contribution >= 4 is 12.0 Å². The third-order valence-corrected chi connectivity index (χ3v) is 3.01. The first kappa shape index (κ1) is 20.7. The van der Waals surface area contributed by atoms with Crippen LogP contribution in [-0.2, 0) is 22.6 Å². The molecule has 0 aliphatic rings. The lowest BCUT2D eigenvalue weighted by atomic mass is 9.95. The molecule has 0 aliphatic heterocycles. The van der Waals surface area contributed by atoms with Gasteiger partial charge in [0.25, 0.3) is 0 Å². The zero-order chi connectivity index (χ0) is 19.4. The molecule has 0 bridgehead atoms. The van der Waals surface area contributed by atoms with Crippen LogP contribution in [0.1, 0.15) is 53.2 Å². The molecule has 1 aromatic heterocycles. The summed E-state index contributed by atoms with van der Waals surface area (Å²) in [5.74, 6) is 0.607. The summed E-state index contributed by atoms with van der Waals surface area (Å²) in [6.45, 7) is 11.3. The highest BCUT2D eigenvalue weighted by molar-refractivity contribution is 5.81. The van der Waals surface area contributed by atoms with Gasteiger partial charge in [0, 0.05) is 19.5 Å². The molecule has 2 amide bonds. The Morgan fingerprint density at radius 1 is 0.840 bits per heavy atom. The van der Waals surface area contributed by atoms with Gasteiger partial charge < -0.3 is 14.5 Å². The fraction of sp³-hybridized carbons (Fsp3) is 0.750. The van der Waals surface area contributed by atoms with Crippen molar-refractivity contribution in [3.63, 3.8) is 0 Å². The lowest BCUT2D eigenvalue weighted by molar-refractivity contribution is -0.138. The predicted octanol–water partition coefficient (Wildman–Crippen LogP) is 1.64. The highest BCUT2D eigenvalue weighted by Gasteiger charge is 2.25. The molecule has 0 fully saturated rings. The number of carbonyl (C=O) groups excluding carboxylic acids is 2. The zero-order valence-corrected chi connectivity index (χ0v) is 16.3. The maximum absolute atomic E-state index is 12.1. The maximum Gasteiger partial charge on any atom is 0.410 e. The summed E-state index contributed by atoms with van der Waals surface area (Å²) >= 11 is 0. The second-order valence-corrected chi connectivity index (χ2v) is 7.98. The van der Waals surface area contributed by atoms with E-state index in [-0.39, 0.29) is 19.0 Å². The molecule has 0 spiro atoms. The van der Waals surface area contributed by atoms with E-state index in [4.69, 9.17) is 4.74 Å². The standard InChI is InChI=1S/C16H28N6O3/c1-15(2,3)13(23)21(7)9-11-17-19-12(20-18-11)10-22(8)14(24)25-16(4,5)6/h9-10H2,1-8H3. The van der Waals surface area contributed by atoms with Crippen LogP contribution in [0.3, 0.4) is 0 Å². The molecule has 0 aliphatic carbocycles. The van der Waals surface area contributed by atoms with Gasteiger partial charge in [-0.2, -0.15) is 0 Å². The normalized spacial score (nSPS) is 11.8. The average molecular weight is 352 g/mol. The Morgan fingerprint density at radius 3 is 1.60 bits per heavy atom. The lowest BCUT2D eigenvalue weighted by Crippen LogP contribution is -2.37. The van der Waals surface area contributed by atoms with Crippen LogP contribution in [0.4, 0.5) is 4.79 Å². The van der Waals surface area contributed by atoms with Gasteiger partial charge in [-0.25, -0.2) is 4.79 Å². The Kier molecular flexibility index (Phi) is 6.39. The molecule has 0 saturated heterocycles. The summed E-state index contributed by atoms with van der Waals surface area (Å²) in [5, 5.41) is 15.9. The number of nitrogens with zero attached hydrogens (tertiary/aromatic N) is 6. The summed E-state index contributed by atoms with van der Waals surface area (Å²) in [6.07, 6.45) is -0.476. The van der Waals surface area contributed by atoms with Crippen molar-refractivity contribution in [2.24, 2.45) is 5.41 Å². The number of hydrogen-bond donors (Lipinski definition) is 0. The molecule has 25 heavy (non-hydrogen) atoms. The minimum atomic E-state index is -0.573. The zero-order valence-electron chi connectivity index (χ0n) is 16.3. The van der Waals surface area contributed by atoms with E-state index in [2.05, 4.69) is 20.4 Å². The fourth-order valence-corrected chi connectivity index (χ4v) is 1.87. The second kappa shape index (κ2) is 7.71. The van der Waals surface area contributed by atoms with E-state index in [1.165, 1.54) is 9.80 Å². The lowest BCUT2D eigenvalue weighted by Gasteiger charge is -2.25. The van der Waals surface area contributed by atoms with Gasteiger partial charge >= 0.3 is 6.09 Å². The van der Waals surface area contributed by atoms with Gasteiger partial charge in [-0.1, -0.05) is 20.8 Å². The Morgan fingerprint density at radius 2 is 1.24 bits per heavy atom. The average Bonchev–Trinajstić information content (AvgIpc) is 2.45. The first-order valence-electron chi connectivity index (χ1n) is 8.04. The van der Waals surface area contributed by atoms with E-state index in [1.807, 2.05) is 20.8 Å². The van der Waals surface area contributed by atoms with E-state index in [0.717, 1.165) is 0 Å². The Labute approximate surface area is 148 Å². The number of amides is 2. The number of rotatable bonds is 4. The van der Waals surface area contributed by atoms with Crippen molar-refractivity contribution in [3.8, 4) is 0 Å². The third kappa shape index (κ3) is 6.98. The molecule has 1 heterocycles. The van der Waals surface area contributed by atoms with E-state index in [1.54, 1.807) is 34.9 Å². The topological polar surface area (TPSA) is 101 Å². The summed E-state index contributed by atoms with van der Waals surface area (Å²) in [7, 11) is 3.27. The van der Waals surface area contributed by atoms with Gasteiger partial charge in [-0.3, -0.25) is 4.79 Å². The molecule has 0 atom stereocenters. The summed E-state index contributed by atoms with van der Waals surface area (Å²) in [6, 6.07) is 0. The Bertz CT molecular complexity index is 604.